The smallest absolute Gasteiger partial charge is 0.172 e. The van der Waals surface area contributed by atoms with Gasteiger partial charge in [0, 0.05) is 25.9 Å². The molecule has 2 heterocycles. The largest absolute Gasteiger partial charge is 0.293 e. The van der Waals surface area contributed by atoms with Gasteiger partial charge in [0.2, 0.25) is 0 Å². The Morgan fingerprint density at radius 2 is 1.70 bits per heavy atom. The maximum absolute atomic E-state index is 12.3. The predicted octanol–water partition coefficient (Wildman–Crippen LogP) is 6.54. The molecule has 1 nitrogen and oxygen atoms in total. The van der Waals surface area contributed by atoms with Gasteiger partial charge < -0.3 is 0 Å². The zero-order valence-electron chi connectivity index (χ0n) is 13.0. The summed E-state index contributed by atoms with van der Waals surface area (Å²) in [6.07, 6.45) is 1.55. The minimum Gasteiger partial charge on any atom is -0.293 e. The van der Waals surface area contributed by atoms with Crippen molar-refractivity contribution >= 4 is 40.2 Å². The van der Waals surface area contributed by atoms with Crippen molar-refractivity contribution in [2.45, 2.75) is 24.7 Å². The number of carbonyl (C=O) groups is 1. The van der Waals surface area contributed by atoms with E-state index in [4.69, 9.17) is 0 Å². The molecule has 0 saturated carbocycles. The van der Waals surface area contributed by atoms with Gasteiger partial charge in [0.05, 0.1) is 4.88 Å². The Bertz CT molecular complexity index is 771. The van der Waals surface area contributed by atoms with Gasteiger partial charge in [-0.25, -0.2) is 0 Å². The maximum Gasteiger partial charge on any atom is 0.172 e. The fourth-order valence-electron chi connectivity index (χ4n) is 2.25. The highest BCUT2D eigenvalue weighted by Crippen LogP contribution is 2.33. The Balaban J connectivity index is 1.50. The molecule has 3 aromatic rings. The van der Waals surface area contributed by atoms with Crippen molar-refractivity contribution in [3.05, 3.63) is 64.4 Å². The average molecular weight is 359 g/mol. The molecule has 0 spiro atoms. The first-order valence-corrected chi connectivity index (χ1v) is 10.2. The van der Waals surface area contributed by atoms with Gasteiger partial charge in [-0.15, -0.1) is 34.4 Å². The molecule has 0 aliphatic carbocycles. The summed E-state index contributed by atoms with van der Waals surface area (Å²) in [6.45, 7) is 2.11. The van der Waals surface area contributed by atoms with E-state index in [1.54, 1.807) is 22.7 Å². The minimum atomic E-state index is 0.267. The quantitative estimate of drug-likeness (QED) is 0.271. The van der Waals surface area contributed by atoms with E-state index in [1.807, 2.05) is 36.0 Å². The van der Waals surface area contributed by atoms with Crippen molar-refractivity contribution in [3.8, 4) is 9.75 Å². The van der Waals surface area contributed by atoms with E-state index in [0.717, 1.165) is 17.1 Å². The van der Waals surface area contributed by atoms with E-state index in [0.29, 0.717) is 6.42 Å². The molecule has 118 valence electrons. The van der Waals surface area contributed by atoms with Gasteiger partial charge in [-0.2, -0.15) is 0 Å². The van der Waals surface area contributed by atoms with E-state index in [9.17, 15) is 4.79 Å². The molecule has 0 bridgehead atoms. The van der Waals surface area contributed by atoms with Crippen molar-refractivity contribution in [1.29, 1.82) is 0 Å². The number of hydrogen-bond acceptors (Lipinski definition) is 4. The number of ketones is 1. The fourth-order valence-corrected chi connectivity index (χ4v) is 5.06. The zero-order chi connectivity index (χ0) is 16.1. The summed E-state index contributed by atoms with van der Waals surface area (Å²) in [5.74, 6) is 1.25. The summed E-state index contributed by atoms with van der Waals surface area (Å²) in [5.41, 5.74) is 0. The van der Waals surface area contributed by atoms with E-state index in [-0.39, 0.29) is 5.78 Å². The minimum absolute atomic E-state index is 0.267. The van der Waals surface area contributed by atoms with Gasteiger partial charge in [-0.05, 0) is 55.5 Å². The fraction of sp³-hybridized carbons (Fsp3) is 0.211. The number of hydrogen-bond donors (Lipinski definition) is 0. The van der Waals surface area contributed by atoms with E-state index >= 15 is 0 Å². The molecule has 0 unspecified atom stereocenters. The van der Waals surface area contributed by atoms with Crippen LogP contribution in [0, 0.1) is 6.92 Å². The van der Waals surface area contributed by atoms with Crippen LogP contribution in [0.15, 0.2) is 59.5 Å². The van der Waals surface area contributed by atoms with Gasteiger partial charge >= 0.3 is 0 Å². The first kappa shape index (κ1) is 16.5. The van der Waals surface area contributed by atoms with Crippen LogP contribution in [-0.2, 0) is 0 Å². The van der Waals surface area contributed by atoms with E-state index < -0.39 is 0 Å². The summed E-state index contributed by atoms with van der Waals surface area (Å²) < 4.78 is 0. The molecule has 0 N–H and O–H groups in total. The van der Waals surface area contributed by atoms with E-state index in [1.165, 1.54) is 19.5 Å². The van der Waals surface area contributed by atoms with Gasteiger partial charge in [0.25, 0.3) is 0 Å². The number of Topliss-reactive ketones (excluding diaryl/α,β-unsaturated/α-hetero) is 1. The normalized spacial score (nSPS) is 10.8. The van der Waals surface area contributed by atoms with Crippen LogP contribution < -0.4 is 0 Å². The van der Waals surface area contributed by atoms with Crippen molar-refractivity contribution in [2.75, 3.05) is 5.75 Å². The highest BCUT2D eigenvalue weighted by Gasteiger charge is 2.11. The zero-order valence-corrected chi connectivity index (χ0v) is 15.4. The molecule has 0 aliphatic rings. The number of benzene rings is 1. The number of thiophene rings is 2. The highest BCUT2D eigenvalue weighted by atomic mass is 32.2. The van der Waals surface area contributed by atoms with Gasteiger partial charge in [-0.1, -0.05) is 18.2 Å². The number of rotatable bonds is 7. The van der Waals surface area contributed by atoms with E-state index in [2.05, 4.69) is 37.3 Å². The molecule has 4 heteroatoms. The lowest BCUT2D eigenvalue weighted by Gasteiger charge is -2.00. The van der Waals surface area contributed by atoms with Crippen LogP contribution in [0.2, 0.25) is 0 Å². The SMILES string of the molecule is Cc1ccc(-c2ccc(C(=O)CCCSc3ccccc3)s2)s1. The van der Waals surface area contributed by atoms with Gasteiger partial charge in [-0.3, -0.25) is 4.79 Å². The Hall–Kier alpha value is -1.36. The molecule has 0 aliphatic heterocycles. The van der Waals surface area contributed by atoms with Crippen molar-refractivity contribution in [3.63, 3.8) is 0 Å². The van der Waals surface area contributed by atoms with Crippen LogP contribution in [-0.4, -0.2) is 11.5 Å². The summed E-state index contributed by atoms with van der Waals surface area (Å²) in [7, 11) is 0. The first-order chi connectivity index (χ1) is 11.2. The summed E-state index contributed by atoms with van der Waals surface area (Å²) in [6, 6.07) is 18.7. The molecule has 0 amide bonds. The second kappa shape index (κ2) is 7.95. The number of thioether (sulfide) groups is 1. The number of aryl methyl sites for hydroxylation is 1. The lowest BCUT2D eigenvalue weighted by atomic mass is 10.2. The molecular weight excluding hydrogens is 340 g/mol. The third-order valence-electron chi connectivity index (χ3n) is 3.42. The summed E-state index contributed by atoms with van der Waals surface area (Å²) in [4.78, 5) is 18.2. The predicted molar refractivity (Wildman–Crippen MR) is 103 cm³/mol. The molecule has 1 aromatic carbocycles. The van der Waals surface area contributed by atoms with Crippen LogP contribution >= 0.6 is 34.4 Å². The molecular formula is C19H18OS3. The van der Waals surface area contributed by atoms with Gasteiger partial charge in [0.15, 0.2) is 5.78 Å². The lowest BCUT2D eigenvalue weighted by molar-refractivity contribution is 0.0986. The molecule has 0 atom stereocenters. The Kier molecular flexibility index (Phi) is 5.70. The maximum atomic E-state index is 12.3. The molecule has 0 saturated heterocycles. The summed E-state index contributed by atoms with van der Waals surface area (Å²) >= 11 is 5.21. The second-order valence-corrected chi connectivity index (χ2v) is 8.80. The molecule has 23 heavy (non-hydrogen) atoms. The van der Waals surface area contributed by atoms with Crippen molar-refractivity contribution in [1.82, 2.24) is 0 Å². The van der Waals surface area contributed by atoms with Crippen LogP contribution in [0.3, 0.4) is 0 Å². The summed E-state index contributed by atoms with van der Waals surface area (Å²) in [5, 5.41) is 0. The number of carbonyl (C=O) groups excluding carboxylic acids is 1. The highest BCUT2D eigenvalue weighted by molar-refractivity contribution is 7.99. The monoisotopic (exact) mass is 358 g/mol. The van der Waals surface area contributed by atoms with Crippen molar-refractivity contribution < 1.29 is 4.79 Å². The van der Waals surface area contributed by atoms with Crippen LogP contribution in [0.1, 0.15) is 27.4 Å². The Labute approximate surface area is 149 Å². The van der Waals surface area contributed by atoms with Gasteiger partial charge in [0.1, 0.15) is 0 Å². The molecule has 0 radical (unpaired) electrons. The topological polar surface area (TPSA) is 17.1 Å². The molecule has 3 rings (SSSR count). The molecule has 0 fully saturated rings. The van der Waals surface area contributed by atoms with Crippen LogP contribution in [0.5, 0.6) is 0 Å². The first-order valence-electron chi connectivity index (χ1n) is 7.60. The average Bonchev–Trinajstić information content (AvgIpc) is 3.21. The lowest BCUT2D eigenvalue weighted by Crippen LogP contribution is -1.96. The third-order valence-corrected chi connectivity index (χ3v) is 6.85. The third kappa shape index (κ3) is 4.56. The second-order valence-electron chi connectivity index (χ2n) is 5.26. The standard InChI is InChI=1S/C19H18OS3/c1-14-9-10-18(22-14)19-12-11-17(23-19)16(20)8-5-13-21-15-6-3-2-4-7-15/h2-4,6-7,9-12H,5,8,13H2,1H3. The van der Waals surface area contributed by atoms with Crippen LogP contribution in [0.4, 0.5) is 0 Å². The Morgan fingerprint density at radius 3 is 2.43 bits per heavy atom. The van der Waals surface area contributed by atoms with Crippen molar-refractivity contribution in [2.24, 2.45) is 0 Å². The Morgan fingerprint density at radius 1 is 0.957 bits per heavy atom. The van der Waals surface area contributed by atoms with Crippen LogP contribution in [0.25, 0.3) is 9.75 Å². The molecule has 2 aromatic heterocycles.